The molecule has 0 aliphatic heterocycles. The van der Waals surface area contributed by atoms with E-state index in [1.165, 1.54) is 25.7 Å². The number of hydrogen-bond donors (Lipinski definition) is 2. The van der Waals surface area contributed by atoms with Crippen LogP contribution in [0.3, 0.4) is 0 Å². The van der Waals surface area contributed by atoms with Crippen molar-refractivity contribution in [2.75, 3.05) is 17.6 Å². The number of nitrogens with zero attached hydrogens (tertiary/aromatic N) is 2. The number of anilines is 2. The molecule has 1 saturated carbocycles. The fraction of sp³-hybridized carbons (Fsp3) is 0.667. The summed E-state index contributed by atoms with van der Waals surface area (Å²) < 4.78 is 0. The Morgan fingerprint density at radius 3 is 2.81 bits per heavy atom. The molecule has 1 heterocycles. The number of nitrogens with one attached hydrogen (secondary N) is 1. The maximum Gasteiger partial charge on any atom is 0.221 e. The SMILES string of the molecule is CC1CCC(CNc2ccnc(N)n2)CC1. The highest BCUT2D eigenvalue weighted by atomic mass is 15.1. The van der Waals surface area contributed by atoms with Gasteiger partial charge in [-0.15, -0.1) is 0 Å². The first-order chi connectivity index (χ1) is 7.74. The molecule has 88 valence electrons. The molecule has 0 unspecified atom stereocenters. The van der Waals surface area contributed by atoms with Gasteiger partial charge < -0.3 is 11.1 Å². The molecule has 0 saturated heterocycles. The molecule has 0 aromatic carbocycles. The van der Waals surface area contributed by atoms with E-state index in [1.54, 1.807) is 6.20 Å². The number of rotatable bonds is 3. The first-order valence-electron chi connectivity index (χ1n) is 6.06. The second-order valence-corrected chi connectivity index (χ2v) is 4.81. The molecule has 0 bridgehead atoms. The summed E-state index contributed by atoms with van der Waals surface area (Å²) in [5.41, 5.74) is 5.52. The minimum atomic E-state index is 0.335. The van der Waals surface area contributed by atoms with Gasteiger partial charge in [0.2, 0.25) is 5.95 Å². The molecule has 1 aliphatic carbocycles. The molecule has 0 atom stereocenters. The van der Waals surface area contributed by atoms with Gasteiger partial charge in [0.15, 0.2) is 0 Å². The molecule has 0 amide bonds. The molecule has 0 spiro atoms. The lowest BCUT2D eigenvalue weighted by molar-refractivity contribution is 0.300. The summed E-state index contributed by atoms with van der Waals surface area (Å²) >= 11 is 0. The minimum absolute atomic E-state index is 0.335. The second kappa shape index (κ2) is 5.14. The van der Waals surface area contributed by atoms with Gasteiger partial charge in [0, 0.05) is 12.7 Å². The molecule has 1 aromatic heterocycles. The van der Waals surface area contributed by atoms with Crippen molar-refractivity contribution < 1.29 is 0 Å². The van der Waals surface area contributed by atoms with Crippen molar-refractivity contribution in [1.82, 2.24) is 9.97 Å². The summed E-state index contributed by atoms with van der Waals surface area (Å²) in [5.74, 6) is 2.87. The molecule has 1 aliphatic rings. The van der Waals surface area contributed by atoms with Gasteiger partial charge in [-0.3, -0.25) is 0 Å². The summed E-state index contributed by atoms with van der Waals surface area (Å²) in [5, 5.41) is 3.34. The predicted octanol–water partition coefficient (Wildman–Crippen LogP) is 2.30. The van der Waals surface area contributed by atoms with Crippen molar-refractivity contribution in [2.24, 2.45) is 11.8 Å². The van der Waals surface area contributed by atoms with Crippen LogP contribution in [0.2, 0.25) is 0 Å². The Balaban J connectivity index is 1.79. The molecule has 3 N–H and O–H groups in total. The average molecular weight is 220 g/mol. The van der Waals surface area contributed by atoms with Gasteiger partial charge in [-0.2, -0.15) is 4.98 Å². The Labute approximate surface area is 96.7 Å². The second-order valence-electron chi connectivity index (χ2n) is 4.81. The van der Waals surface area contributed by atoms with E-state index in [2.05, 4.69) is 22.2 Å². The van der Waals surface area contributed by atoms with Crippen LogP contribution in [0.15, 0.2) is 12.3 Å². The number of hydrogen-bond acceptors (Lipinski definition) is 4. The van der Waals surface area contributed by atoms with Crippen LogP contribution in [-0.4, -0.2) is 16.5 Å². The largest absolute Gasteiger partial charge is 0.370 e. The van der Waals surface area contributed by atoms with Gasteiger partial charge >= 0.3 is 0 Å². The molecule has 0 radical (unpaired) electrons. The zero-order chi connectivity index (χ0) is 11.4. The van der Waals surface area contributed by atoms with Crippen LogP contribution in [0.1, 0.15) is 32.6 Å². The summed E-state index contributed by atoms with van der Waals surface area (Å²) in [6.07, 6.45) is 7.06. The first kappa shape index (κ1) is 11.2. The van der Waals surface area contributed by atoms with Gasteiger partial charge in [-0.05, 0) is 30.7 Å². The Morgan fingerprint density at radius 1 is 1.38 bits per heavy atom. The van der Waals surface area contributed by atoms with E-state index in [9.17, 15) is 0 Å². The van der Waals surface area contributed by atoms with Crippen LogP contribution in [0, 0.1) is 11.8 Å². The molecular formula is C12H20N4. The quantitative estimate of drug-likeness (QED) is 0.820. The Morgan fingerprint density at radius 2 is 2.12 bits per heavy atom. The molecule has 1 fully saturated rings. The van der Waals surface area contributed by atoms with Crippen LogP contribution in [0.25, 0.3) is 0 Å². The lowest BCUT2D eigenvalue weighted by atomic mass is 9.83. The van der Waals surface area contributed by atoms with Crippen LogP contribution in [0.5, 0.6) is 0 Å². The molecule has 2 rings (SSSR count). The van der Waals surface area contributed by atoms with E-state index >= 15 is 0 Å². The summed E-state index contributed by atoms with van der Waals surface area (Å²) in [6, 6.07) is 1.86. The van der Waals surface area contributed by atoms with Gasteiger partial charge in [0.05, 0.1) is 0 Å². The normalized spacial score (nSPS) is 25.3. The van der Waals surface area contributed by atoms with E-state index in [4.69, 9.17) is 5.73 Å². The molecule has 1 aromatic rings. The zero-order valence-corrected chi connectivity index (χ0v) is 9.82. The molecule has 4 heteroatoms. The van der Waals surface area contributed by atoms with E-state index in [1.807, 2.05) is 6.07 Å². The van der Waals surface area contributed by atoms with Gasteiger partial charge in [0.25, 0.3) is 0 Å². The smallest absolute Gasteiger partial charge is 0.221 e. The van der Waals surface area contributed by atoms with E-state index in [0.29, 0.717) is 5.95 Å². The highest BCUT2D eigenvalue weighted by Crippen LogP contribution is 2.28. The van der Waals surface area contributed by atoms with Crippen molar-refractivity contribution in [3.8, 4) is 0 Å². The Hall–Kier alpha value is -1.32. The fourth-order valence-electron chi connectivity index (χ4n) is 2.25. The van der Waals surface area contributed by atoms with Gasteiger partial charge in [0.1, 0.15) is 5.82 Å². The highest BCUT2D eigenvalue weighted by Gasteiger charge is 2.17. The highest BCUT2D eigenvalue weighted by molar-refractivity contribution is 5.37. The summed E-state index contributed by atoms with van der Waals surface area (Å²) in [7, 11) is 0. The third-order valence-corrected chi connectivity index (χ3v) is 3.38. The first-order valence-corrected chi connectivity index (χ1v) is 6.06. The van der Waals surface area contributed by atoms with Crippen LogP contribution >= 0.6 is 0 Å². The third-order valence-electron chi connectivity index (χ3n) is 3.38. The lowest BCUT2D eigenvalue weighted by Crippen LogP contribution is -2.20. The lowest BCUT2D eigenvalue weighted by Gasteiger charge is -2.26. The van der Waals surface area contributed by atoms with Crippen molar-refractivity contribution in [3.05, 3.63) is 12.3 Å². The summed E-state index contributed by atoms with van der Waals surface area (Å²) in [6.45, 7) is 3.35. The van der Waals surface area contributed by atoms with Crippen molar-refractivity contribution >= 4 is 11.8 Å². The van der Waals surface area contributed by atoms with Crippen LogP contribution < -0.4 is 11.1 Å². The number of aromatic nitrogens is 2. The van der Waals surface area contributed by atoms with Crippen LogP contribution in [-0.2, 0) is 0 Å². The average Bonchev–Trinajstić information content (AvgIpc) is 2.28. The Bertz CT molecular complexity index is 332. The number of nitrogens with two attached hydrogens (primary N) is 1. The standard InChI is InChI=1S/C12H20N4/c1-9-2-4-10(5-3-9)8-15-11-6-7-14-12(13)16-11/h6-7,9-10H,2-5,8H2,1H3,(H3,13,14,15,16). The van der Waals surface area contributed by atoms with E-state index in [-0.39, 0.29) is 0 Å². The van der Waals surface area contributed by atoms with Crippen molar-refractivity contribution in [1.29, 1.82) is 0 Å². The molecule has 16 heavy (non-hydrogen) atoms. The van der Waals surface area contributed by atoms with Crippen molar-refractivity contribution in [3.63, 3.8) is 0 Å². The molecule has 4 nitrogen and oxygen atoms in total. The van der Waals surface area contributed by atoms with Gasteiger partial charge in [-0.1, -0.05) is 19.8 Å². The maximum atomic E-state index is 5.52. The zero-order valence-electron chi connectivity index (χ0n) is 9.82. The van der Waals surface area contributed by atoms with E-state index < -0.39 is 0 Å². The third kappa shape index (κ3) is 3.08. The fourth-order valence-corrected chi connectivity index (χ4v) is 2.25. The van der Waals surface area contributed by atoms with Crippen LogP contribution in [0.4, 0.5) is 11.8 Å². The predicted molar refractivity (Wildman–Crippen MR) is 66.1 cm³/mol. The van der Waals surface area contributed by atoms with E-state index in [0.717, 1.165) is 24.2 Å². The monoisotopic (exact) mass is 220 g/mol. The van der Waals surface area contributed by atoms with Crippen molar-refractivity contribution in [2.45, 2.75) is 32.6 Å². The minimum Gasteiger partial charge on any atom is -0.370 e. The Kier molecular flexibility index (Phi) is 3.59. The number of nitrogen functional groups attached to an aromatic ring is 1. The summed E-state index contributed by atoms with van der Waals surface area (Å²) in [4.78, 5) is 8.00. The molecular weight excluding hydrogens is 200 g/mol. The topological polar surface area (TPSA) is 63.8 Å². The van der Waals surface area contributed by atoms with Gasteiger partial charge in [-0.25, -0.2) is 4.98 Å². The maximum absolute atomic E-state index is 5.52.